The highest BCUT2D eigenvalue weighted by molar-refractivity contribution is 7.22. The first-order valence-corrected chi connectivity index (χ1v) is 11.0. The molecule has 178 valence electrons. The molecule has 0 saturated carbocycles. The summed E-state index contributed by atoms with van der Waals surface area (Å²) in [5, 5.41) is 19.6. The first-order valence-electron chi connectivity index (χ1n) is 10.2. The van der Waals surface area contributed by atoms with Gasteiger partial charge in [-0.1, -0.05) is 24.3 Å². The summed E-state index contributed by atoms with van der Waals surface area (Å²) in [5.74, 6) is -2.83. The molecule has 0 aliphatic carbocycles. The minimum absolute atomic E-state index is 0.0712. The molecule has 0 unspecified atom stereocenters. The van der Waals surface area contributed by atoms with Crippen LogP contribution in [-0.2, 0) is 16.0 Å². The molecule has 1 amide bonds. The zero-order chi connectivity index (χ0) is 25.0. The Kier molecular flexibility index (Phi) is 6.78. The first-order chi connectivity index (χ1) is 16.7. The molecule has 2 aromatic carbocycles. The number of hydrogen-bond donors (Lipinski definition) is 3. The molecular weight excluding hydrogens is 481 g/mol. The van der Waals surface area contributed by atoms with E-state index in [1.54, 1.807) is 29.9 Å². The number of alkyl halides is 3. The van der Waals surface area contributed by atoms with E-state index >= 15 is 0 Å². The van der Waals surface area contributed by atoms with Gasteiger partial charge in [0.15, 0.2) is 0 Å². The van der Waals surface area contributed by atoms with E-state index in [1.807, 2.05) is 36.4 Å². The Balaban J connectivity index is 0.000000364. The number of carboxylic acid groups (broad SMARTS) is 1. The number of pyridine rings is 1. The summed E-state index contributed by atoms with van der Waals surface area (Å²) in [7, 11) is 0. The fourth-order valence-corrected chi connectivity index (χ4v) is 4.42. The number of amides is 1. The maximum atomic E-state index is 12.5. The van der Waals surface area contributed by atoms with E-state index in [2.05, 4.69) is 38.7 Å². The number of rotatable bonds is 4. The lowest BCUT2D eigenvalue weighted by molar-refractivity contribution is -0.192. The van der Waals surface area contributed by atoms with Gasteiger partial charge in [0.1, 0.15) is 0 Å². The molecule has 0 fully saturated rings. The molecule has 5 aromatic rings. The van der Waals surface area contributed by atoms with Crippen molar-refractivity contribution in [2.45, 2.75) is 12.6 Å². The molecule has 3 heterocycles. The number of aliphatic carboxylic acids is 1. The summed E-state index contributed by atoms with van der Waals surface area (Å²) >= 11 is 1.73. The Morgan fingerprint density at radius 1 is 1.03 bits per heavy atom. The van der Waals surface area contributed by atoms with Crippen molar-refractivity contribution in [2.24, 2.45) is 0 Å². The van der Waals surface area contributed by atoms with Crippen molar-refractivity contribution in [3.05, 3.63) is 78.8 Å². The number of anilines is 1. The number of benzene rings is 2. The molecule has 11 heteroatoms. The Bertz CT molecular complexity index is 1460. The van der Waals surface area contributed by atoms with Gasteiger partial charge >= 0.3 is 12.1 Å². The lowest BCUT2D eigenvalue weighted by Crippen LogP contribution is -2.21. The average molecular weight is 498 g/mol. The summed E-state index contributed by atoms with van der Waals surface area (Å²) in [6, 6.07) is 18.2. The lowest BCUT2D eigenvalue weighted by Gasteiger charge is -2.08. The van der Waals surface area contributed by atoms with Crippen LogP contribution in [0.15, 0.2) is 73.2 Å². The largest absolute Gasteiger partial charge is 0.490 e. The lowest BCUT2D eigenvalue weighted by atomic mass is 10.1. The van der Waals surface area contributed by atoms with Crippen LogP contribution < -0.4 is 5.32 Å². The molecule has 3 aromatic heterocycles. The maximum Gasteiger partial charge on any atom is 0.490 e. The van der Waals surface area contributed by atoms with Gasteiger partial charge in [-0.3, -0.25) is 14.9 Å². The molecule has 0 aliphatic heterocycles. The van der Waals surface area contributed by atoms with Gasteiger partial charge in [0.05, 0.1) is 18.1 Å². The van der Waals surface area contributed by atoms with Crippen LogP contribution in [-0.4, -0.2) is 38.3 Å². The van der Waals surface area contributed by atoms with Crippen molar-refractivity contribution >= 4 is 49.9 Å². The van der Waals surface area contributed by atoms with E-state index in [-0.39, 0.29) is 12.3 Å². The third kappa shape index (κ3) is 5.82. The Morgan fingerprint density at radius 3 is 2.49 bits per heavy atom. The van der Waals surface area contributed by atoms with Crippen molar-refractivity contribution in [1.82, 2.24) is 15.2 Å². The molecule has 0 radical (unpaired) electrons. The van der Waals surface area contributed by atoms with Gasteiger partial charge in [0.25, 0.3) is 0 Å². The number of H-pyrrole nitrogens is 1. The van der Waals surface area contributed by atoms with Gasteiger partial charge < -0.3 is 10.4 Å². The first kappa shape index (κ1) is 23.9. The van der Waals surface area contributed by atoms with E-state index < -0.39 is 12.1 Å². The van der Waals surface area contributed by atoms with E-state index in [1.165, 1.54) is 10.1 Å². The summed E-state index contributed by atoms with van der Waals surface area (Å²) in [6.45, 7) is 0. The number of aromatic amines is 1. The van der Waals surface area contributed by atoms with Gasteiger partial charge in [0.2, 0.25) is 5.91 Å². The van der Waals surface area contributed by atoms with Gasteiger partial charge in [0, 0.05) is 38.6 Å². The monoisotopic (exact) mass is 498 g/mol. The standard InChI is InChI=1S/C22H16N4OS.C2HF3O2/c27-21(8-14-4-3-7-23-12-14)25-17-9-16-13-24-26-22(16)18(11-17)20-10-15-5-1-2-6-19(15)28-20;3-2(4,5)1(6)7/h1-7,9-13H,8H2,(H,24,26)(H,25,27);(H,6,7). The van der Waals surface area contributed by atoms with Gasteiger partial charge in [-0.15, -0.1) is 11.3 Å². The third-order valence-corrected chi connectivity index (χ3v) is 6.00. The predicted molar refractivity (Wildman–Crippen MR) is 127 cm³/mol. The van der Waals surface area contributed by atoms with Crippen LogP contribution in [0.4, 0.5) is 18.9 Å². The summed E-state index contributed by atoms with van der Waals surface area (Å²) < 4.78 is 33.0. The normalized spacial score (nSPS) is 11.2. The fourth-order valence-electron chi connectivity index (χ4n) is 3.33. The highest BCUT2D eigenvalue weighted by Gasteiger charge is 2.38. The number of aromatic nitrogens is 3. The summed E-state index contributed by atoms with van der Waals surface area (Å²) in [6.07, 6.45) is 0.394. The van der Waals surface area contributed by atoms with Crippen LogP contribution in [0.25, 0.3) is 31.4 Å². The SMILES string of the molecule is O=C(Cc1cccnc1)Nc1cc(-c2cc3ccccc3s2)c2[nH]ncc2c1.O=C(O)C(F)(F)F. The second-order valence-corrected chi connectivity index (χ2v) is 8.48. The van der Waals surface area contributed by atoms with Crippen LogP contribution in [0.2, 0.25) is 0 Å². The minimum atomic E-state index is -5.08. The highest BCUT2D eigenvalue weighted by atomic mass is 32.1. The summed E-state index contributed by atoms with van der Waals surface area (Å²) in [4.78, 5) is 26.6. The molecule has 0 saturated heterocycles. The van der Waals surface area contributed by atoms with E-state index in [0.29, 0.717) is 0 Å². The fraction of sp³-hybridized carbons (Fsp3) is 0.0833. The van der Waals surface area contributed by atoms with Crippen molar-refractivity contribution in [1.29, 1.82) is 0 Å². The van der Waals surface area contributed by atoms with E-state index in [4.69, 9.17) is 9.90 Å². The molecule has 0 aliphatic rings. The minimum Gasteiger partial charge on any atom is -0.475 e. The number of hydrogen-bond acceptors (Lipinski definition) is 5. The Labute approximate surface area is 200 Å². The number of nitrogens with one attached hydrogen (secondary N) is 2. The predicted octanol–water partition coefficient (Wildman–Crippen LogP) is 5.65. The molecule has 3 N–H and O–H groups in total. The van der Waals surface area contributed by atoms with Crippen LogP contribution in [0.1, 0.15) is 5.56 Å². The molecule has 7 nitrogen and oxygen atoms in total. The van der Waals surface area contributed by atoms with Crippen molar-refractivity contribution < 1.29 is 27.9 Å². The second kappa shape index (κ2) is 9.94. The molecule has 5 rings (SSSR count). The smallest absolute Gasteiger partial charge is 0.475 e. The van der Waals surface area contributed by atoms with Crippen molar-refractivity contribution in [3.63, 3.8) is 0 Å². The molecule has 0 spiro atoms. The molecule has 0 atom stereocenters. The highest BCUT2D eigenvalue weighted by Crippen LogP contribution is 2.38. The number of fused-ring (bicyclic) bond motifs is 2. The number of carbonyl (C=O) groups excluding carboxylic acids is 1. The molecule has 35 heavy (non-hydrogen) atoms. The molecular formula is C24H17F3N4O3S. The quantitative estimate of drug-likeness (QED) is 0.297. The van der Waals surface area contributed by atoms with Crippen LogP contribution in [0.5, 0.6) is 0 Å². The Morgan fingerprint density at radius 2 is 1.80 bits per heavy atom. The number of carbonyl (C=O) groups is 2. The maximum absolute atomic E-state index is 12.5. The average Bonchev–Trinajstić information content (AvgIpc) is 3.46. The van der Waals surface area contributed by atoms with Crippen molar-refractivity contribution in [2.75, 3.05) is 5.32 Å². The van der Waals surface area contributed by atoms with Crippen LogP contribution in [0, 0.1) is 0 Å². The zero-order valence-electron chi connectivity index (χ0n) is 17.8. The third-order valence-electron chi connectivity index (χ3n) is 4.85. The number of nitrogens with zero attached hydrogens (tertiary/aromatic N) is 2. The van der Waals surface area contributed by atoms with Crippen LogP contribution in [0.3, 0.4) is 0 Å². The van der Waals surface area contributed by atoms with Gasteiger partial charge in [-0.05, 0) is 41.3 Å². The second-order valence-electron chi connectivity index (χ2n) is 7.40. The number of carboxylic acids is 1. The Hall–Kier alpha value is -4.25. The van der Waals surface area contributed by atoms with Gasteiger partial charge in [-0.2, -0.15) is 18.3 Å². The zero-order valence-corrected chi connectivity index (χ0v) is 18.7. The van der Waals surface area contributed by atoms with E-state index in [9.17, 15) is 18.0 Å². The molecule has 0 bridgehead atoms. The number of halogens is 3. The topological polar surface area (TPSA) is 108 Å². The van der Waals surface area contributed by atoms with Gasteiger partial charge in [-0.25, -0.2) is 4.79 Å². The number of thiophene rings is 1. The van der Waals surface area contributed by atoms with Crippen molar-refractivity contribution in [3.8, 4) is 10.4 Å². The van der Waals surface area contributed by atoms with Crippen LogP contribution >= 0.6 is 11.3 Å². The van der Waals surface area contributed by atoms with E-state index in [0.717, 1.165) is 32.6 Å². The summed E-state index contributed by atoms with van der Waals surface area (Å²) in [5.41, 5.74) is 3.65.